The molecule has 1 aliphatic rings. The Labute approximate surface area is 196 Å². The maximum Gasteiger partial charge on any atom is 0.254 e. The van der Waals surface area contributed by atoms with Gasteiger partial charge in [-0.05, 0) is 49.2 Å². The van der Waals surface area contributed by atoms with Crippen LogP contribution in [0.1, 0.15) is 23.2 Å². The van der Waals surface area contributed by atoms with E-state index in [1.807, 2.05) is 71.4 Å². The highest BCUT2D eigenvalue weighted by Gasteiger charge is 2.34. The lowest BCUT2D eigenvalue weighted by atomic mass is 10.2. The summed E-state index contributed by atoms with van der Waals surface area (Å²) in [6.45, 7) is -0.108. The van der Waals surface area contributed by atoms with Crippen LogP contribution in [0.2, 0.25) is 0 Å². The summed E-state index contributed by atoms with van der Waals surface area (Å²) in [4.78, 5) is 32.3. The van der Waals surface area contributed by atoms with Gasteiger partial charge in [-0.15, -0.1) is 0 Å². The van der Waals surface area contributed by atoms with Crippen LogP contribution in [0.25, 0.3) is 16.9 Å². The third kappa shape index (κ3) is 4.73. The van der Waals surface area contributed by atoms with Crippen molar-refractivity contribution in [3.8, 4) is 16.9 Å². The molecule has 1 heterocycles. The molecule has 3 aromatic carbocycles. The third-order valence-electron chi connectivity index (χ3n) is 5.71. The molecule has 1 saturated carbocycles. The number of halogens is 1. The van der Waals surface area contributed by atoms with Gasteiger partial charge in [-0.25, -0.2) is 9.37 Å². The highest BCUT2D eigenvalue weighted by atomic mass is 19.1. The minimum Gasteiger partial charge on any atom is -0.326 e. The van der Waals surface area contributed by atoms with Crippen LogP contribution in [0.3, 0.4) is 0 Å². The van der Waals surface area contributed by atoms with Crippen LogP contribution in [-0.2, 0) is 4.79 Å². The Kier molecular flexibility index (Phi) is 5.91. The number of amides is 2. The predicted octanol–water partition coefficient (Wildman–Crippen LogP) is 4.92. The van der Waals surface area contributed by atoms with Gasteiger partial charge in [-0.2, -0.15) is 0 Å². The zero-order chi connectivity index (χ0) is 23.5. The molecule has 0 atom stereocenters. The van der Waals surface area contributed by atoms with E-state index in [1.54, 1.807) is 4.90 Å². The van der Waals surface area contributed by atoms with E-state index in [4.69, 9.17) is 0 Å². The molecular formula is C27H23FN4O2. The van der Waals surface area contributed by atoms with Crippen LogP contribution in [0, 0.1) is 5.82 Å². The van der Waals surface area contributed by atoms with Crippen molar-refractivity contribution in [1.29, 1.82) is 0 Å². The Hall–Kier alpha value is -4.26. The highest BCUT2D eigenvalue weighted by molar-refractivity contribution is 5.99. The number of carbonyl (C=O) groups is 2. The zero-order valence-electron chi connectivity index (χ0n) is 18.4. The van der Waals surface area contributed by atoms with E-state index in [2.05, 4.69) is 10.3 Å². The number of carbonyl (C=O) groups excluding carboxylic acids is 2. The summed E-state index contributed by atoms with van der Waals surface area (Å²) >= 11 is 0. The number of hydrogen-bond acceptors (Lipinski definition) is 3. The molecule has 34 heavy (non-hydrogen) atoms. The number of nitrogens with one attached hydrogen (secondary N) is 1. The van der Waals surface area contributed by atoms with Crippen LogP contribution in [0.4, 0.5) is 10.3 Å². The van der Waals surface area contributed by atoms with E-state index in [-0.39, 0.29) is 24.4 Å². The second-order valence-corrected chi connectivity index (χ2v) is 8.24. The summed E-state index contributed by atoms with van der Waals surface area (Å²) < 4.78 is 15.1. The number of imidazole rings is 1. The van der Waals surface area contributed by atoms with Gasteiger partial charge in [0.15, 0.2) is 0 Å². The standard InChI is InChI=1S/C27H23FN4O2/c28-21-13-11-20(12-14-21)26(34)31(23-15-16-23)18-25(33)30-27-29-24(19-7-3-1-4-8-19)17-32(27)22-9-5-2-6-10-22/h1-14,17,23H,15-16,18H2,(H,29,30,33). The van der Waals surface area contributed by atoms with Gasteiger partial charge in [0.2, 0.25) is 11.9 Å². The SMILES string of the molecule is O=C(CN(C(=O)c1ccc(F)cc1)C1CC1)Nc1nc(-c2ccccc2)cn1-c1ccccc1. The van der Waals surface area contributed by atoms with Crippen molar-refractivity contribution in [2.24, 2.45) is 0 Å². The maximum atomic E-state index is 13.3. The fourth-order valence-electron chi connectivity index (χ4n) is 3.83. The number of anilines is 1. The summed E-state index contributed by atoms with van der Waals surface area (Å²) in [5.74, 6) is -0.659. The van der Waals surface area contributed by atoms with Gasteiger partial charge in [0.1, 0.15) is 12.4 Å². The molecule has 1 N–H and O–H groups in total. The predicted molar refractivity (Wildman–Crippen MR) is 128 cm³/mol. The van der Waals surface area contributed by atoms with Crippen LogP contribution in [0.15, 0.2) is 91.1 Å². The zero-order valence-corrected chi connectivity index (χ0v) is 18.4. The van der Waals surface area contributed by atoms with Crippen LogP contribution in [0.5, 0.6) is 0 Å². The molecular weight excluding hydrogens is 431 g/mol. The molecule has 1 aromatic heterocycles. The number of aromatic nitrogens is 2. The van der Waals surface area contributed by atoms with Gasteiger partial charge in [0.25, 0.3) is 5.91 Å². The van der Waals surface area contributed by atoms with E-state index in [0.717, 1.165) is 29.8 Å². The normalized spacial score (nSPS) is 12.9. The lowest BCUT2D eigenvalue weighted by Crippen LogP contribution is -2.39. The second-order valence-electron chi connectivity index (χ2n) is 8.24. The topological polar surface area (TPSA) is 67.2 Å². The average molecular weight is 455 g/mol. The summed E-state index contributed by atoms with van der Waals surface area (Å²) in [7, 11) is 0. The van der Waals surface area contributed by atoms with Crippen LogP contribution in [-0.4, -0.2) is 38.9 Å². The lowest BCUT2D eigenvalue weighted by Gasteiger charge is -2.22. The summed E-state index contributed by atoms with van der Waals surface area (Å²) in [6.07, 6.45) is 3.57. The van der Waals surface area contributed by atoms with E-state index in [9.17, 15) is 14.0 Å². The molecule has 4 aromatic rings. The van der Waals surface area contributed by atoms with Gasteiger partial charge in [0.05, 0.1) is 5.69 Å². The van der Waals surface area contributed by atoms with E-state index in [1.165, 1.54) is 24.3 Å². The molecule has 0 bridgehead atoms. The molecule has 2 amide bonds. The number of nitrogens with zero attached hydrogens (tertiary/aromatic N) is 3. The fraction of sp³-hybridized carbons (Fsp3) is 0.148. The molecule has 5 rings (SSSR count). The number of rotatable bonds is 7. The summed E-state index contributed by atoms with van der Waals surface area (Å²) in [5.41, 5.74) is 2.87. The number of benzene rings is 3. The Morgan fingerprint density at radius 3 is 2.24 bits per heavy atom. The monoisotopic (exact) mass is 454 g/mol. The molecule has 0 saturated heterocycles. The first-order chi connectivity index (χ1) is 16.6. The fourth-order valence-corrected chi connectivity index (χ4v) is 3.83. The Balaban J connectivity index is 1.39. The van der Waals surface area contributed by atoms with Crippen molar-refractivity contribution in [2.45, 2.75) is 18.9 Å². The Bertz CT molecular complexity index is 1300. The van der Waals surface area contributed by atoms with E-state index in [0.29, 0.717) is 11.5 Å². The molecule has 170 valence electrons. The van der Waals surface area contributed by atoms with Gasteiger partial charge in [-0.1, -0.05) is 48.5 Å². The molecule has 1 aliphatic carbocycles. The molecule has 6 nitrogen and oxygen atoms in total. The summed E-state index contributed by atoms with van der Waals surface area (Å²) in [5, 5.41) is 2.89. The first kappa shape index (κ1) is 21.6. The smallest absolute Gasteiger partial charge is 0.254 e. The van der Waals surface area contributed by atoms with Crippen molar-refractivity contribution in [2.75, 3.05) is 11.9 Å². The van der Waals surface area contributed by atoms with Gasteiger partial charge < -0.3 is 4.90 Å². The average Bonchev–Trinajstić information content (AvgIpc) is 3.63. The second kappa shape index (κ2) is 9.31. The number of para-hydroxylation sites is 1. The molecule has 1 fully saturated rings. The molecule has 0 unspecified atom stereocenters. The number of hydrogen-bond donors (Lipinski definition) is 1. The first-order valence-electron chi connectivity index (χ1n) is 11.1. The third-order valence-corrected chi connectivity index (χ3v) is 5.71. The van der Waals surface area contributed by atoms with Crippen molar-refractivity contribution in [1.82, 2.24) is 14.5 Å². The highest BCUT2D eigenvalue weighted by Crippen LogP contribution is 2.29. The molecule has 0 radical (unpaired) electrons. The minimum absolute atomic E-state index is 0.0112. The largest absolute Gasteiger partial charge is 0.326 e. The van der Waals surface area contributed by atoms with Crippen LogP contribution >= 0.6 is 0 Å². The molecule has 0 spiro atoms. The van der Waals surface area contributed by atoms with Crippen LogP contribution < -0.4 is 5.32 Å². The minimum atomic E-state index is -0.408. The Morgan fingerprint density at radius 2 is 1.59 bits per heavy atom. The molecule has 7 heteroatoms. The maximum absolute atomic E-state index is 13.3. The van der Waals surface area contributed by atoms with Crippen molar-refractivity contribution in [3.63, 3.8) is 0 Å². The van der Waals surface area contributed by atoms with Crippen molar-refractivity contribution >= 4 is 17.8 Å². The van der Waals surface area contributed by atoms with Gasteiger partial charge in [-0.3, -0.25) is 19.5 Å². The quantitative estimate of drug-likeness (QED) is 0.431. The van der Waals surface area contributed by atoms with Gasteiger partial charge >= 0.3 is 0 Å². The van der Waals surface area contributed by atoms with Crippen molar-refractivity contribution in [3.05, 3.63) is 103 Å². The van der Waals surface area contributed by atoms with E-state index >= 15 is 0 Å². The van der Waals surface area contributed by atoms with E-state index < -0.39 is 5.82 Å². The Morgan fingerprint density at radius 1 is 0.941 bits per heavy atom. The van der Waals surface area contributed by atoms with Gasteiger partial charge in [0, 0.05) is 29.1 Å². The molecule has 0 aliphatic heterocycles. The first-order valence-corrected chi connectivity index (χ1v) is 11.1. The summed E-state index contributed by atoms with van der Waals surface area (Å²) in [6, 6.07) is 24.7. The van der Waals surface area contributed by atoms with Crippen molar-refractivity contribution < 1.29 is 14.0 Å². The lowest BCUT2D eigenvalue weighted by molar-refractivity contribution is -0.117.